The Balaban J connectivity index is 0.000000351. The molecule has 7 rings (SSSR count). The molecule has 458 valence electrons. The molecule has 4 fully saturated rings. The van der Waals surface area contributed by atoms with E-state index in [1.54, 1.807) is 41.1 Å². The van der Waals surface area contributed by atoms with Gasteiger partial charge in [-0.1, -0.05) is 154 Å². The Bertz CT molecular complexity index is 2290. The number of methoxy groups -OCH3 is 2. The molecule has 0 aliphatic carbocycles. The average Bonchev–Trinajstić information content (AvgIpc) is 4.13. The van der Waals surface area contributed by atoms with Crippen LogP contribution in [0.25, 0.3) is 0 Å². The Morgan fingerprint density at radius 3 is 1.25 bits per heavy atom. The second-order valence-corrected chi connectivity index (χ2v) is 23.7. The summed E-state index contributed by atoms with van der Waals surface area (Å²) in [6.07, 6.45) is 2.75. The van der Waals surface area contributed by atoms with Gasteiger partial charge in [-0.3, -0.25) is 4.57 Å². The van der Waals surface area contributed by atoms with Crippen molar-refractivity contribution in [2.45, 2.75) is 228 Å². The van der Waals surface area contributed by atoms with Crippen molar-refractivity contribution >= 4 is 7.60 Å². The molecule has 2 unspecified atom stereocenters. The lowest BCUT2D eigenvalue weighted by molar-refractivity contribution is -0.205. The maximum atomic E-state index is 11.3. The number of benzene rings is 3. The highest BCUT2D eigenvalue weighted by molar-refractivity contribution is 7.54. The van der Waals surface area contributed by atoms with Crippen LogP contribution in [0, 0.1) is 46.3 Å². The number of aliphatic hydroxyl groups excluding tert-OH is 1. The molecule has 3 aromatic rings. The van der Waals surface area contributed by atoms with E-state index in [1.807, 2.05) is 80.6 Å². The van der Waals surface area contributed by atoms with Gasteiger partial charge in [0.15, 0.2) is 18.9 Å². The Morgan fingerprint density at radius 2 is 0.889 bits per heavy atom. The van der Waals surface area contributed by atoms with Gasteiger partial charge in [-0.2, -0.15) is 10.5 Å². The molecule has 0 saturated carbocycles. The third-order valence-electron chi connectivity index (χ3n) is 16.6. The number of hydrogen-bond acceptors (Lipinski definition) is 16. The Kier molecular flexibility index (Phi) is 32.3. The van der Waals surface area contributed by atoms with Crippen molar-refractivity contribution in [1.82, 2.24) is 0 Å². The normalized spacial score (nSPS) is 32.9. The molecule has 4 heterocycles. The molecule has 0 amide bonds. The molecule has 16 atom stereocenters. The second-order valence-electron chi connectivity index (χ2n) is 21.7. The van der Waals surface area contributed by atoms with Crippen LogP contribution in [-0.4, -0.2) is 116 Å². The van der Waals surface area contributed by atoms with Gasteiger partial charge in [0.05, 0.1) is 87.7 Å². The highest BCUT2D eigenvalue weighted by Crippen LogP contribution is 2.47. The van der Waals surface area contributed by atoms with E-state index in [-0.39, 0.29) is 68.2 Å². The van der Waals surface area contributed by atoms with Gasteiger partial charge in [-0.05, 0) is 83.9 Å². The summed E-state index contributed by atoms with van der Waals surface area (Å²) in [6.45, 7) is 30.3. The summed E-state index contributed by atoms with van der Waals surface area (Å²) in [5.74, 6) is 0.911. The monoisotopic (exact) mass is 1150 g/mol. The van der Waals surface area contributed by atoms with Crippen LogP contribution in [0.4, 0.5) is 0 Å². The lowest BCUT2D eigenvalue weighted by Gasteiger charge is -2.33. The molecule has 16 nitrogen and oxygen atoms in total. The maximum absolute atomic E-state index is 11.3. The molecule has 4 aliphatic rings. The van der Waals surface area contributed by atoms with Gasteiger partial charge in [-0.15, -0.1) is 0 Å². The molecular formula is C64H103N2O14P. The minimum Gasteiger partial charge on any atom is -0.384 e. The molecule has 4 aliphatic heterocycles. The third-order valence-corrected chi connectivity index (χ3v) is 18.4. The van der Waals surface area contributed by atoms with E-state index in [2.05, 4.69) is 92.6 Å². The number of hydrogen-bond donors (Lipinski definition) is 2. The van der Waals surface area contributed by atoms with Gasteiger partial charge in [0.1, 0.15) is 23.0 Å². The quantitative estimate of drug-likeness (QED) is 0.0951. The predicted molar refractivity (Wildman–Crippen MR) is 317 cm³/mol. The van der Waals surface area contributed by atoms with Gasteiger partial charge in [0.2, 0.25) is 0 Å². The molecule has 3 aromatic carbocycles. The number of ether oxygens (including phenoxy) is 9. The molecular weight excluding hydrogens is 1050 g/mol. The molecule has 4 saturated heterocycles. The highest BCUT2D eigenvalue weighted by Gasteiger charge is 2.54. The summed E-state index contributed by atoms with van der Waals surface area (Å²) in [7, 11) is 0.159. The first-order chi connectivity index (χ1) is 38.0. The van der Waals surface area contributed by atoms with E-state index >= 15 is 0 Å². The van der Waals surface area contributed by atoms with E-state index in [0.717, 1.165) is 36.8 Å². The Hall–Kier alpha value is -3.65. The summed E-state index contributed by atoms with van der Waals surface area (Å²) in [6, 6.07) is 34.3. The topological polar surface area (TPSA) is 207 Å². The van der Waals surface area contributed by atoms with Gasteiger partial charge in [0.25, 0.3) is 0 Å². The summed E-state index contributed by atoms with van der Waals surface area (Å²) in [4.78, 5) is 0. The lowest BCUT2D eigenvalue weighted by atomic mass is 9.83. The third kappa shape index (κ3) is 20.0. The van der Waals surface area contributed by atoms with Crippen LogP contribution in [0.2, 0.25) is 0 Å². The van der Waals surface area contributed by atoms with E-state index in [4.69, 9.17) is 62.2 Å². The molecule has 17 heteroatoms. The number of rotatable bonds is 21. The summed E-state index contributed by atoms with van der Waals surface area (Å²) >= 11 is 0. The van der Waals surface area contributed by atoms with Crippen LogP contribution in [0.3, 0.4) is 0 Å². The fourth-order valence-corrected chi connectivity index (χ4v) is 11.7. The van der Waals surface area contributed by atoms with Crippen LogP contribution < -0.4 is 0 Å². The lowest BCUT2D eigenvalue weighted by Crippen LogP contribution is -2.44. The van der Waals surface area contributed by atoms with E-state index < -0.39 is 42.6 Å². The molecule has 0 radical (unpaired) electrons. The van der Waals surface area contributed by atoms with Crippen molar-refractivity contribution in [3.05, 3.63) is 108 Å². The smallest absolute Gasteiger partial charge is 0.344 e. The van der Waals surface area contributed by atoms with Crippen LogP contribution in [0.15, 0.2) is 91.0 Å². The summed E-state index contributed by atoms with van der Waals surface area (Å²) < 4.78 is 72.9. The van der Waals surface area contributed by atoms with Crippen molar-refractivity contribution in [2.75, 3.05) is 33.6 Å². The van der Waals surface area contributed by atoms with Crippen LogP contribution >= 0.6 is 7.60 Å². The maximum Gasteiger partial charge on any atom is 0.344 e. The summed E-state index contributed by atoms with van der Waals surface area (Å²) in [5, 5.41) is 37.3. The fraction of sp³-hybridized carbons (Fsp3) is 0.688. The zero-order valence-corrected chi connectivity index (χ0v) is 51.9. The van der Waals surface area contributed by atoms with Crippen LogP contribution in [0.1, 0.15) is 153 Å². The average molecular weight is 1160 g/mol. The molecule has 2 N–H and O–H groups in total. The van der Waals surface area contributed by atoms with Crippen molar-refractivity contribution in [1.29, 1.82) is 10.5 Å². The van der Waals surface area contributed by atoms with Crippen LogP contribution in [-0.2, 0) is 76.1 Å². The van der Waals surface area contributed by atoms with E-state index in [9.17, 15) is 14.8 Å². The minimum absolute atomic E-state index is 0. The predicted octanol–water partition coefficient (Wildman–Crippen LogP) is 13.4. The largest absolute Gasteiger partial charge is 0.384 e. The molecule has 0 aromatic heterocycles. The van der Waals surface area contributed by atoms with Gasteiger partial charge < -0.3 is 61.9 Å². The van der Waals surface area contributed by atoms with Crippen molar-refractivity contribution in [3.8, 4) is 12.1 Å². The highest BCUT2D eigenvalue weighted by atomic mass is 31.2. The first-order valence-corrected chi connectivity index (χ1v) is 30.5. The van der Waals surface area contributed by atoms with E-state index in [0.29, 0.717) is 45.4 Å². The Morgan fingerprint density at radius 1 is 0.531 bits per heavy atom. The second kappa shape index (κ2) is 35.6. The number of nitrogens with zero attached hydrogens (tertiary/aromatic N) is 2. The fourth-order valence-electron chi connectivity index (χ4n) is 10.5. The molecule has 81 heavy (non-hydrogen) atoms. The molecule has 0 bridgehead atoms. The first-order valence-electron chi connectivity index (χ1n) is 28.8. The standard InChI is InChI=1S/C17H23NO2.C16H24O3.C15H22O3.C9H18O3.C6H12NO3P.CH4/c1-4-15-13(2)17(3,16(20-15)10-11-18)19-12-14-8-6-5-7-9-14;1-5-14-12(2)16(3,15(17-4)19-14)18-11-13-9-7-6-8-10-13;1-4-13-11(2)15(3,14(16)18-13)17-10-12-8-6-5-7-9-12;1-5-7-6(2)9(3,10)8(11-4)12-7;1-3-9-11(8,6-5-7)10-4-2;/h5-9,13,15-16H,4,10,12H2,1-3H3;6-10,12,14-15H,5,11H2,1-4H3;5-9,11,13-14,16H,4,10H2,1-3H3;6-8,10H,5H2,1-4H3;3-4,6H2,1-2H3;1H4/t13-,15-,16?,17-;12-,14-,15+,16-;11-,13-,14?,15-;6-,7-,8+,9-;;/m1111../s1. The number of nitriles is 2. The SMILES string of the molecule is C.CCOP(=O)(CC#N)OCC.CC[C@H]1OC(CC#N)[C@](C)(OCc2ccccc2)[C@@H]1C.CC[C@H]1OC(O)[C@](C)(OCc2ccccc2)[C@@H]1C.CC[C@H]1O[C@H](OC)[C@](C)(O)[C@@H]1C.CC[C@H]1O[C@H](OC)[C@](C)(OCc2ccccc2)[C@@H]1C. The zero-order valence-electron chi connectivity index (χ0n) is 51.0. The Labute approximate surface area is 487 Å². The van der Waals surface area contributed by atoms with Gasteiger partial charge in [-0.25, -0.2) is 0 Å². The van der Waals surface area contributed by atoms with Crippen LogP contribution in [0.5, 0.6) is 0 Å². The molecule has 0 spiro atoms. The summed E-state index contributed by atoms with van der Waals surface area (Å²) in [5.41, 5.74) is 1.16. The first kappa shape index (κ1) is 73.5. The van der Waals surface area contributed by atoms with Crippen molar-refractivity contribution in [2.24, 2.45) is 23.7 Å². The van der Waals surface area contributed by atoms with Gasteiger partial charge >= 0.3 is 7.60 Å². The van der Waals surface area contributed by atoms with Gasteiger partial charge in [0, 0.05) is 37.9 Å². The van der Waals surface area contributed by atoms with Crippen molar-refractivity contribution < 1.29 is 66.5 Å². The zero-order chi connectivity index (χ0) is 59.7. The minimum atomic E-state index is -3.08. The van der Waals surface area contributed by atoms with E-state index in [1.165, 1.54) is 5.56 Å². The van der Waals surface area contributed by atoms with Crippen molar-refractivity contribution in [3.63, 3.8) is 0 Å². The number of aliphatic hydroxyl groups is 2.